The van der Waals surface area contributed by atoms with Gasteiger partial charge in [0.25, 0.3) is 0 Å². The number of nitrogens with two attached hydrogens (primary N) is 1. The van der Waals surface area contributed by atoms with Gasteiger partial charge in [0.05, 0.1) is 0 Å². The Kier molecular flexibility index (Phi) is 3.82. The van der Waals surface area contributed by atoms with Crippen LogP contribution in [0, 0.1) is 0 Å². The van der Waals surface area contributed by atoms with Gasteiger partial charge in [-0.25, -0.2) is 4.98 Å². The Morgan fingerprint density at radius 2 is 2.06 bits per heavy atom. The predicted molar refractivity (Wildman–Crippen MR) is 65.3 cm³/mol. The molecule has 0 saturated carbocycles. The van der Waals surface area contributed by atoms with Crippen molar-refractivity contribution in [3.05, 3.63) is 42.2 Å². The quantitative estimate of drug-likeness (QED) is 0.826. The molecule has 0 saturated heterocycles. The second kappa shape index (κ2) is 5.54. The molecule has 0 aromatic carbocycles. The normalized spacial score (nSPS) is 12.6. The SMILES string of the molecule is CCn1ncnc1CC(N)Cc1ccncc1. The highest BCUT2D eigenvalue weighted by molar-refractivity contribution is 5.11. The molecule has 0 aliphatic heterocycles. The van der Waals surface area contributed by atoms with E-state index in [0.717, 1.165) is 25.2 Å². The molecule has 5 heteroatoms. The van der Waals surface area contributed by atoms with Gasteiger partial charge < -0.3 is 5.73 Å². The highest BCUT2D eigenvalue weighted by atomic mass is 15.3. The highest BCUT2D eigenvalue weighted by Gasteiger charge is 2.10. The maximum Gasteiger partial charge on any atom is 0.138 e. The lowest BCUT2D eigenvalue weighted by Crippen LogP contribution is -2.27. The minimum absolute atomic E-state index is 0.0619. The third kappa shape index (κ3) is 3.10. The molecule has 2 heterocycles. The topological polar surface area (TPSA) is 69.6 Å². The van der Waals surface area contributed by atoms with Crippen LogP contribution in [0.2, 0.25) is 0 Å². The van der Waals surface area contributed by atoms with E-state index in [4.69, 9.17) is 5.73 Å². The summed E-state index contributed by atoms with van der Waals surface area (Å²) < 4.78 is 1.88. The summed E-state index contributed by atoms with van der Waals surface area (Å²) in [5, 5.41) is 4.13. The molecule has 2 aromatic heterocycles. The van der Waals surface area contributed by atoms with Gasteiger partial charge in [0.15, 0.2) is 0 Å². The van der Waals surface area contributed by atoms with E-state index < -0.39 is 0 Å². The van der Waals surface area contributed by atoms with Crippen molar-refractivity contribution in [2.75, 3.05) is 0 Å². The molecule has 1 unspecified atom stereocenters. The van der Waals surface area contributed by atoms with E-state index in [2.05, 4.69) is 15.1 Å². The van der Waals surface area contributed by atoms with Gasteiger partial charge in [0, 0.05) is 31.4 Å². The van der Waals surface area contributed by atoms with E-state index in [-0.39, 0.29) is 6.04 Å². The Balaban J connectivity index is 1.96. The molecule has 0 spiro atoms. The molecule has 17 heavy (non-hydrogen) atoms. The maximum absolute atomic E-state index is 6.12. The largest absolute Gasteiger partial charge is 0.327 e. The third-order valence-corrected chi connectivity index (χ3v) is 2.69. The van der Waals surface area contributed by atoms with Gasteiger partial charge in [-0.3, -0.25) is 9.67 Å². The molecule has 90 valence electrons. The fraction of sp³-hybridized carbons (Fsp3) is 0.417. The van der Waals surface area contributed by atoms with E-state index in [0.29, 0.717) is 0 Å². The second-order valence-corrected chi connectivity index (χ2v) is 4.02. The van der Waals surface area contributed by atoms with Crippen LogP contribution in [0.1, 0.15) is 18.3 Å². The summed E-state index contributed by atoms with van der Waals surface area (Å²) in [4.78, 5) is 8.22. The van der Waals surface area contributed by atoms with Crippen molar-refractivity contribution in [3.8, 4) is 0 Å². The average Bonchev–Trinajstić information content (AvgIpc) is 2.77. The molecule has 0 aliphatic rings. The number of rotatable bonds is 5. The lowest BCUT2D eigenvalue weighted by atomic mass is 10.1. The summed E-state index contributed by atoms with van der Waals surface area (Å²) in [5.74, 6) is 0.953. The number of hydrogen-bond donors (Lipinski definition) is 1. The number of aryl methyl sites for hydroxylation is 1. The van der Waals surface area contributed by atoms with Crippen molar-refractivity contribution in [1.29, 1.82) is 0 Å². The molecule has 0 aliphatic carbocycles. The first-order valence-corrected chi connectivity index (χ1v) is 5.80. The first-order valence-electron chi connectivity index (χ1n) is 5.80. The molecular formula is C12H17N5. The first kappa shape index (κ1) is 11.7. The summed E-state index contributed by atoms with van der Waals surface area (Å²) in [7, 11) is 0. The maximum atomic E-state index is 6.12. The van der Waals surface area contributed by atoms with E-state index in [1.807, 2.05) is 23.7 Å². The molecule has 1 atom stereocenters. The number of aromatic nitrogens is 4. The van der Waals surface area contributed by atoms with Crippen LogP contribution in [-0.4, -0.2) is 25.8 Å². The highest BCUT2D eigenvalue weighted by Crippen LogP contribution is 2.05. The van der Waals surface area contributed by atoms with Crippen LogP contribution in [0.25, 0.3) is 0 Å². The molecule has 0 radical (unpaired) electrons. The number of hydrogen-bond acceptors (Lipinski definition) is 4. The van der Waals surface area contributed by atoms with Crippen LogP contribution in [0.4, 0.5) is 0 Å². The first-order chi connectivity index (χ1) is 8.29. The van der Waals surface area contributed by atoms with Gasteiger partial charge in [-0.15, -0.1) is 0 Å². The van der Waals surface area contributed by atoms with Crippen LogP contribution in [0.3, 0.4) is 0 Å². The van der Waals surface area contributed by atoms with Gasteiger partial charge in [-0.2, -0.15) is 5.10 Å². The van der Waals surface area contributed by atoms with Crippen molar-refractivity contribution in [2.45, 2.75) is 32.4 Å². The van der Waals surface area contributed by atoms with Gasteiger partial charge in [-0.1, -0.05) is 0 Å². The summed E-state index contributed by atoms with van der Waals surface area (Å²) in [6.45, 7) is 2.88. The lowest BCUT2D eigenvalue weighted by molar-refractivity contribution is 0.567. The second-order valence-electron chi connectivity index (χ2n) is 4.02. The van der Waals surface area contributed by atoms with Crippen molar-refractivity contribution < 1.29 is 0 Å². The van der Waals surface area contributed by atoms with E-state index >= 15 is 0 Å². The minimum atomic E-state index is 0.0619. The molecule has 0 fully saturated rings. The molecule has 2 aromatic rings. The Hall–Kier alpha value is -1.75. The Morgan fingerprint density at radius 1 is 1.29 bits per heavy atom. The van der Waals surface area contributed by atoms with Gasteiger partial charge in [0.2, 0.25) is 0 Å². The summed E-state index contributed by atoms with van der Waals surface area (Å²) in [5.41, 5.74) is 7.32. The zero-order chi connectivity index (χ0) is 12.1. The molecule has 5 nitrogen and oxygen atoms in total. The standard InChI is InChI=1S/C12H17N5/c1-2-17-12(15-9-16-17)8-11(13)7-10-3-5-14-6-4-10/h3-6,9,11H,2,7-8,13H2,1H3. The number of nitrogens with zero attached hydrogens (tertiary/aromatic N) is 4. The van der Waals surface area contributed by atoms with Crippen molar-refractivity contribution in [2.24, 2.45) is 5.73 Å². The lowest BCUT2D eigenvalue weighted by Gasteiger charge is -2.11. The fourth-order valence-electron chi connectivity index (χ4n) is 1.84. The van der Waals surface area contributed by atoms with Gasteiger partial charge in [0.1, 0.15) is 12.2 Å². The minimum Gasteiger partial charge on any atom is -0.327 e. The van der Waals surface area contributed by atoms with Crippen LogP contribution < -0.4 is 5.73 Å². The summed E-state index contributed by atoms with van der Waals surface area (Å²) in [6.07, 6.45) is 6.74. The fourth-order valence-corrected chi connectivity index (χ4v) is 1.84. The van der Waals surface area contributed by atoms with Gasteiger partial charge in [-0.05, 0) is 31.0 Å². The summed E-state index contributed by atoms with van der Waals surface area (Å²) >= 11 is 0. The Morgan fingerprint density at radius 3 is 2.76 bits per heavy atom. The van der Waals surface area contributed by atoms with Crippen molar-refractivity contribution in [1.82, 2.24) is 19.7 Å². The van der Waals surface area contributed by atoms with Crippen molar-refractivity contribution >= 4 is 0 Å². The van der Waals surface area contributed by atoms with E-state index in [1.165, 1.54) is 5.56 Å². The van der Waals surface area contributed by atoms with E-state index in [9.17, 15) is 0 Å². The Labute approximate surface area is 101 Å². The van der Waals surface area contributed by atoms with Gasteiger partial charge >= 0.3 is 0 Å². The number of pyridine rings is 1. The predicted octanol–water partition coefficient (Wildman–Crippen LogP) is 0.805. The molecule has 0 amide bonds. The summed E-state index contributed by atoms with van der Waals surface area (Å²) in [6, 6.07) is 4.04. The third-order valence-electron chi connectivity index (χ3n) is 2.69. The monoisotopic (exact) mass is 231 g/mol. The zero-order valence-electron chi connectivity index (χ0n) is 9.95. The smallest absolute Gasteiger partial charge is 0.138 e. The molecule has 2 rings (SSSR count). The average molecular weight is 231 g/mol. The van der Waals surface area contributed by atoms with Crippen LogP contribution in [0.15, 0.2) is 30.9 Å². The molecule has 0 bridgehead atoms. The molecule has 2 N–H and O–H groups in total. The Bertz CT molecular complexity index is 451. The van der Waals surface area contributed by atoms with Crippen LogP contribution in [0.5, 0.6) is 0 Å². The molecular weight excluding hydrogens is 214 g/mol. The zero-order valence-corrected chi connectivity index (χ0v) is 9.95. The van der Waals surface area contributed by atoms with E-state index in [1.54, 1.807) is 18.7 Å². The van der Waals surface area contributed by atoms with Crippen molar-refractivity contribution in [3.63, 3.8) is 0 Å². The van der Waals surface area contributed by atoms with Crippen LogP contribution >= 0.6 is 0 Å². The van der Waals surface area contributed by atoms with Crippen LogP contribution in [-0.2, 0) is 19.4 Å².